The van der Waals surface area contributed by atoms with Crippen LogP contribution in [0.2, 0.25) is 0 Å². The minimum Gasteiger partial charge on any atom is -0.481 e. The van der Waals surface area contributed by atoms with Gasteiger partial charge in [-0.1, -0.05) is 18.2 Å². The summed E-state index contributed by atoms with van der Waals surface area (Å²) in [4.78, 5) is 25.2. The Bertz CT molecular complexity index is 881. The molecule has 0 saturated heterocycles. The standard InChI is InChI=1S/C17H17N3O3/c1-19-7-10(16(21)22)5-12-11-3-2-4-13-15(11)9(6-14(12)19)8-20(13)17(18)23/h2-5,8,10,14H,6-7H2,1H3,(H2,18,23)(H,21,22)/t10?,14-/m1/s1. The highest BCUT2D eigenvalue weighted by Gasteiger charge is 2.36. The minimum absolute atomic E-state index is 0.132. The van der Waals surface area contributed by atoms with E-state index in [0.29, 0.717) is 6.54 Å². The Morgan fingerprint density at radius 1 is 1.35 bits per heavy atom. The number of nitrogens with zero attached hydrogens (tertiary/aromatic N) is 2. The summed E-state index contributed by atoms with van der Waals surface area (Å²) in [5.74, 6) is -1.32. The van der Waals surface area contributed by atoms with Crippen LogP contribution in [-0.4, -0.2) is 46.2 Å². The van der Waals surface area contributed by atoms with E-state index in [0.717, 1.165) is 34.0 Å². The molecule has 23 heavy (non-hydrogen) atoms. The second-order valence-electron chi connectivity index (χ2n) is 6.29. The lowest BCUT2D eigenvalue weighted by Gasteiger charge is -2.38. The molecule has 1 aromatic heterocycles. The van der Waals surface area contributed by atoms with Gasteiger partial charge in [-0.2, -0.15) is 0 Å². The Balaban J connectivity index is 1.98. The molecular formula is C17H17N3O3. The number of likely N-dealkylation sites (N-methyl/N-ethyl adjacent to an activating group) is 1. The maximum Gasteiger partial charge on any atom is 0.323 e. The van der Waals surface area contributed by atoms with E-state index in [1.807, 2.05) is 37.5 Å². The number of nitrogens with two attached hydrogens (primary N) is 1. The fourth-order valence-corrected chi connectivity index (χ4v) is 3.89. The van der Waals surface area contributed by atoms with E-state index in [2.05, 4.69) is 4.90 Å². The number of benzene rings is 1. The summed E-state index contributed by atoms with van der Waals surface area (Å²) >= 11 is 0. The van der Waals surface area contributed by atoms with Crippen molar-refractivity contribution in [1.29, 1.82) is 0 Å². The lowest BCUT2D eigenvalue weighted by atomic mass is 9.80. The molecule has 3 N–H and O–H groups in total. The first kappa shape index (κ1) is 14.0. The number of aromatic nitrogens is 1. The van der Waals surface area contributed by atoms with E-state index < -0.39 is 17.9 Å². The van der Waals surface area contributed by atoms with Crippen molar-refractivity contribution in [2.45, 2.75) is 12.5 Å². The van der Waals surface area contributed by atoms with Crippen LogP contribution in [0.5, 0.6) is 0 Å². The SMILES string of the molecule is CN1CC(C(=O)O)C=C2c3cccc4c3c(cn4C(N)=O)C[C@H]21. The maximum absolute atomic E-state index is 11.7. The van der Waals surface area contributed by atoms with Gasteiger partial charge in [0.25, 0.3) is 0 Å². The molecule has 1 aromatic carbocycles. The highest BCUT2D eigenvalue weighted by Crippen LogP contribution is 2.41. The van der Waals surface area contributed by atoms with Crippen LogP contribution in [0.1, 0.15) is 11.1 Å². The molecule has 1 aliphatic carbocycles. The Hall–Kier alpha value is -2.60. The number of hydrogen-bond acceptors (Lipinski definition) is 3. The zero-order valence-corrected chi connectivity index (χ0v) is 12.7. The van der Waals surface area contributed by atoms with E-state index in [1.54, 1.807) is 0 Å². The van der Waals surface area contributed by atoms with Crippen LogP contribution in [0.4, 0.5) is 4.79 Å². The second-order valence-corrected chi connectivity index (χ2v) is 6.29. The minimum atomic E-state index is -0.810. The zero-order valence-electron chi connectivity index (χ0n) is 12.7. The maximum atomic E-state index is 11.7. The molecule has 0 radical (unpaired) electrons. The first-order chi connectivity index (χ1) is 11.0. The monoisotopic (exact) mass is 311 g/mol. The molecule has 2 heterocycles. The predicted octanol–water partition coefficient (Wildman–Crippen LogP) is 1.52. The van der Waals surface area contributed by atoms with E-state index in [9.17, 15) is 14.7 Å². The highest BCUT2D eigenvalue weighted by molar-refractivity contribution is 6.02. The molecule has 1 unspecified atom stereocenters. The molecule has 2 aliphatic rings. The molecule has 2 aromatic rings. The number of amides is 1. The van der Waals surface area contributed by atoms with Crippen molar-refractivity contribution >= 4 is 28.5 Å². The summed E-state index contributed by atoms with van der Waals surface area (Å²) in [7, 11) is 1.95. The lowest BCUT2D eigenvalue weighted by molar-refractivity contribution is -0.140. The van der Waals surface area contributed by atoms with E-state index in [4.69, 9.17) is 5.73 Å². The Kier molecular flexibility index (Phi) is 2.86. The van der Waals surface area contributed by atoms with Gasteiger partial charge in [-0.05, 0) is 36.2 Å². The lowest BCUT2D eigenvalue weighted by Crippen LogP contribution is -2.44. The van der Waals surface area contributed by atoms with Crippen LogP contribution < -0.4 is 5.73 Å². The number of carbonyl (C=O) groups excluding carboxylic acids is 1. The Morgan fingerprint density at radius 2 is 2.13 bits per heavy atom. The fraction of sp³-hybridized carbons (Fsp3) is 0.294. The van der Waals surface area contributed by atoms with Crippen LogP contribution in [0.15, 0.2) is 30.5 Å². The molecule has 0 fully saturated rings. The predicted molar refractivity (Wildman–Crippen MR) is 86.1 cm³/mol. The Labute approximate surface area is 132 Å². The smallest absolute Gasteiger partial charge is 0.323 e. The number of fused-ring (bicyclic) bond motifs is 2. The fourth-order valence-electron chi connectivity index (χ4n) is 3.89. The summed E-state index contributed by atoms with van der Waals surface area (Å²) in [5.41, 5.74) is 9.38. The van der Waals surface area contributed by atoms with Crippen molar-refractivity contribution < 1.29 is 14.7 Å². The highest BCUT2D eigenvalue weighted by atomic mass is 16.4. The average molecular weight is 311 g/mol. The zero-order chi connectivity index (χ0) is 16.3. The van der Waals surface area contributed by atoms with Crippen molar-refractivity contribution in [3.63, 3.8) is 0 Å². The molecule has 2 atom stereocenters. The van der Waals surface area contributed by atoms with Crippen molar-refractivity contribution in [2.24, 2.45) is 11.7 Å². The first-order valence-electron chi connectivity index (χ1n) is 7.55. The van der Waals surface area contributed by atoms with E-state index >= 15 is 0 Å². The summed E-state index contributed by atoms with van der Waals surface area (Å²) < 4.78 is 1.47. The van der Waals surface area contributed by atoms with Gasteiger partial charge in [0, 0.05) is 24.2 Å². The van der Waals surface area contributed by atoms with Gasteiger partial charge >= 0.3 is 12.0 Å². The van der Waals surface area contributed by atoms with Crippen LogP contribution in [0.3, 0.4) is 0 Å². The summed E-state index contributed by atoms with van der Waals surface area (Å²) in [5, 5.41) is 10.4. The number of rotatable bonds is 1. The van der Waals surface area contributed by atoms with Gasteiger partial charge in [-0.3, -0.25) is 14.3 Å². The van der Waals surface area contributed by atoms with Gasteiger partial charge < -0.3 is 10.8 Å². The quantitative estimate of drug-likeness (QED) is 0.836. The van der Waals surface area contributed by atoms with Gasteiger partial charge in [-0.25, -0.2) is 4.79 Å². The third-order valence-corrected chi connectivity index (χ3v) is 4.94. The summed E-state index contributed by atoms with van der Waals surface area (Å²) in [6.07, 6.45) is 4.43. The normalized spacial score (nSPS) is 23.4. The van der Waals surface area contributed by atoms with Gasteiger partial charge in [0.1, 0.15) is 0 Å². The number of hydrogen-bond donors (Lipinski definition) is 2. The third-order valence-electron chi connectivity index (χ3n) is 4.94. The van der Waals surface area contributed by atoms with Crippen molar-refractivity contribution in [2.75, 3.05) is 13.6 Å². The molecule has 0 bridgehead atoms. The van der Waals surface area contributed by atoms with E-state index in [1.165, 1.54) is 4.57 Å². The molecule has 6 nitrogen and oxygen atoms in total. The van der Waals surface area contributed by atoms with Gasteiger partial charge in [-0.15, -0.1) is 0 Å². The molecule has 1 aliphatic heterocycles. The molecule has 4 rings (SSSR count). The summed E-state index contributed by atoms with van der Waals surface area (Å²) in [6.45, 7) is 0.491. The second kappa shape index (κ2) is 4.70. The number of carboxylic acid groups (broad SMARTS) is 1. The first-order valence-corrected chi connectivity index (χ1v) is 7.55. The van der Waals surface area contributed by atoms with Crippen LogP contribution >= 0.6 is 0 Å². The van der Waals surface area contributed by atoms with Crippen LogP contribution in [-0.2, 0) is 11.2 Å². The van der Waals surface area contributed by atoms with Crippen LogP contribution in [0, 0.1) is 5.92 Å². The summed E-state index contributed by atoms with van der Waals surface area (Å²) in [6, 6.07) is 5.37. The molecule has 1 amide bonds. The largest absolute Gasteiger partial charge is 0.481 e. The molecule has 6 heteroatoms. The number of carboxylic acids is 1. The number of carbonyl (C=O) groups is 2. The molecule has 0 saturated carbocycles. The Morgan fingerprint density at radius 3 is 2.83 bits per heavy atom. The third kappa shape index (κ3) is 1.91. The van der Waals surface area contributed by atoms with E-state index in [-0.39, 0.29) is 6.04 Å². The number of aliphatic carboxylic acids is 1. The average Bonchev–Trinajstić information content (AvgIpc) is 2.88. The molecule has 118 valence electrons. The van der Waals surface area contributed by atoms with Crippen molar-refractivity contribution in [3.8, 4) is 0 Å². The molecular weight excluding hydrogens is 294 g/mol. The van der Waals surface area contributed by atoms with Gasteiger partial charge in [0.15, 0.2) is 0 Å². The van der Waals surface area contributed by atoms with Gasteiger partial charge in [0.05, 0.1) is 11.4 Å². The van der Waals surface area contributed by atoms with Crippen LogP contribution in [0.25, 0.3) is 16.5 Å². The van der Waals surface area contributed by atoms with Crippen molar-refractivity contribution in [3.05, 3.63) is 41.6 Å². The molecule has 0 spiro atoms. The number of primary amides is 1. The van der Waals surface area contributed by atoms with Gasteiger partial charge in [0.2, 0.25) is 0 Å². The van der Waals surface area contributed by atoms with Crippen molar-refractivity contribution in [1.82, 2.24) is 9.47 Å². The topological polar surface area (TPSA) is 88.6 Å².